The zero-order valence-electron chi connectivity index (χ0n) is 13.2. The molecule has 5 heteroatoms. The fraction of sp³-hybridized carbons (Fsp3) is 0.529. The standard InChI is InChI=1S/C17H23NO4/c1-3-22-12-14-8-9-18(11-14)16(19)10-13-4-6-15(7-5-13)17(20)21-2/h4-7,14H,3,8-12H2,1-2H3/t14-/m0/s1. The number of esters is 1. The zero-order chi connectivity index (χ0) is 15.9. The number of carbonyl (C=O) groups excluding carboxylic acids is 2. The Hall–Kier alpha value is -1.88. The average molecular weight is 305 g/mol. The van der Waals surface area contributed by atoms with E-state index in [9.17, 15) is 9.59 Å². The minimum atomic E-state index is -0.365. The molecule has 1 aromatic carbocycles. The van der Waals surface area contributed by atoms with Crippen molar-refractivity contribution in [3.63, 3.8) is 0 Å². The van der Waals surface area contributed by atoms with E-state index in [-0.39, 0.29) is 11.9 Å². The molecular formula is C17H23NO4. The minimum Gasteiger partial charge on any atom is -0.465 e. The van der Waals surface area contributed by atoms with E-state index in [1.807, 2.05) is 11.8 Å². The van der Waals surface area contributed by atoms with E-state index in [4.69, 9.17) is 4.74 Å². The summed E-state index contributed by atoms with van der Waals surface area (Å²) >= 11 is 0. The van der Waals surface area contributed by atoms with E-state index in [1.165, 1.54) is 7.11 Å². The number of likely N-dealkylation sites (tertiary alicyclic amines) is 1. The molecule has 0 bridgehead atoms. The van der Waals surface area contributed by atoms with Crippen LogP contribution in [0.2, 0.25) is 0 Å². The Morgan fingerprint density at radius 2 is 2.00 bits per heavy atom. The second-order valence-electron chi connectivity index (χ2n) is 5.52. The van der Waals surface area contributed by atoms with Gasteiger partial charge in [-0.25, -0.2) is 4.79 Å². The molecule has 0 spiro atoms. The summed E-state index contributed by atoms with van der Waals surface area (Å²) < 4.78 is 10.1. The maximum atomic E-state index is 12.3. The van der Waals surface area contributed by atoms with Crippen LogP contribution in [-0.4, -0.2) is 50.2 Å². The number of carbonyl (C=O) groups is 2. The number of ether oxygens (including phenoxy) is 2. The molecule has 1 fully saturated rings. The summed E-state index contributed by atoms with van der Waals surface area (Å²) in [5.41, 5.74) is 1.41. The molecule has 120 valence electrons. The van der Waals surface area contributed by atoms with Gasteiger partial charge < -0.3 is 14.4 Å². The summed E-state index contributed by atoms with van der Waals surface area (Å²) in [6, 6.07) is 6.99. The molecule has 0 N–H and O–H groups in total. The van der Waals surface area contributed by atoms with Gasteiger partial charge in [0, 0.05) is 25.6 Å². The van der Waals surface area contributed by atoms with Gasteiger partial charge in [0.25, 0.3) is 0 Å². The zero-order valence-corrected chi connectivity index (χ0v) is 13.2. The van der Waals surface area contributed by atoms with Gasteiger partial charge in [-0.15, -0.1) is 0 Å². The molecule has 2 rings (SSSR count). The van der Waals surface area contributed by atoms with Gasteiger partial charge in [0.05, 0.1) is 25.7 Å². The summed E-state index contributed by atoms with van der Waals surface area (Å²) in [5, 5.41) is 0. The molecule has 1 aliphatic heterocycles. The van der Waals surface area contributed by atoms with Crippen LogP contribution in [-0.2, 0) is 20.7 Å². The molecule has 0 saturated carbocycles. The lowest BCUT2D eigenvalue weighted by molar-refractivity contribution is -0.129. The third kappa shape index (κ3) is 4.31. The maximum Gasteiger partial charge on any atom is 0.337 e. The Balaban J connectivity index is 1.86. The van der Waals surface area contributed by atoms with Crippen molar-refractivity contribution in [2.24, 2.45) is 5.92 Å². The number of rotatable bonds is 6. The third-order valence-electron chi connectivity index (χ3n) is 3.93. The highest BCUT2D eigenvalue weighted by atomic mass is 16.5. The monoisotopic (exact) mass is 305 g/mol. The fourth-order valence-corrected chi connectivity index (χ4v) is 2.64. The second kappa shape index (κ2) is 7.94. The topological polar surface area (TPSA) is 55.8 Å². The van der Waals surface area contributed by atoms with Gasteiger partial charge in [-0.2, -0.15) is 0 Å². The molecule has 1 atom stereocenters. The van der Waals surface area contributed by atoms with Crippen molar-refractivity contribution >= 4 is 11.9 Å². The predicted octanol–water partition coefficient (Wildman–Crippen LogP) is 1.90. The van der Waals surface area contributed by atoms with Gasteiger partial charge >= 0.3 is 5.97 Å². The van der Waals surface area contributed by atoms with Crippen LogP contribution in [0.1, 0.15) is 29.3 Å². The first-order valence-electron chi connectivity index (χ1n) is 7.66. The van der Waals surface area contributed by atoms with Crippen molar-refractivity contribution in [3.05, 3.63) is 35.4 Å². The number of hydrogen-bond acceptors (Lipinski definition) is 4. The molecule has 1 aromatic rings. The van der Waals surface area contributed by atoms with Crippen molar-refractivity contribution in [2.45, 2.75) is 19.8 Å². The van der Waals surface area contributed by atoms with Crippen LogP contribution in [0.4, 0.5) is 0 Å². The highest BCUT2D eigenvalue weighted by Gasteiger charge is 2.26. The largest absolute Gasteiger partial charge is 0.465 e. The number of nitrogens with zero attached hydrogens (tertiary/aromatic N) is 1. The van der Waals surface area contributed by atoms with E-state index < -0.39 is 0 Å². The summed E-state index contributed by atoms with van der Waals surface area (Å²) in [6.07, 6.45) is 1.37. The number of amides is 1. The van der Waals surface area contributed by atoms with Crippen molar-refractivity contribution in [2.75, 3.05) is 33.4 Å². The second-order valence-corrected chi connectivity index (χ2v) is 5.52. The van der Waals surface area contributed by atoms with Crippen LogP contribution in [0, 0.1) is 5.92 Å². The van der Waals surface area contributed by atoms with Gasteiger partial charge in [0.2, 0.25) is 5.91 Å². The highest BCUT2D eigenvalue weighted by molar-refractivity contribution is 5.89. The fourth-order valence-electron chi connectivity index (χ4n) is 2.64. The van der Waals surface area contributed by atoms with Crippen LogP contribution in [0.25, 0.3) is 0 Å². The molecule has 0 aliphatic carbocycles. The van der Waals surface area contributed by atoms with Crippen molar-refractivity contribution in [1.29, 1.82) is 0 Å². The Labute approximate surface area is 131 Å². The SMILES string of the molecule is CCOC[C@H]1CCN(C(=O)Cc2ccc(C(=O)OC)cc2)C1. The summed E-state index contributed by atoms with van der Waals surface area (Å²) in [4.78, 5) is 25.6. The molecule has 5 nitrogen and oxygen atoms in total. The summed E-state index contributed by atoms with van der Waals surface area (Å²) in [5.74, 6) is 0.214. The Kier molecular flexibility index (Phi) is 5.95. The predicted molar refractivity (Wildman–Crippen MR) is 82.7 cm³/mol. The van der Waals surface area contributed by atoms with Gasteiger partial charge in [-0.3, -0.25) is 4.79 Å². The van der Waals surface area contributed by atoms with E-state index in [2.05, 4.69) is 4.74 Å². The van der Waals surface area contributed by atoms with Gasteiger partial charge in [-0.05, 0) is 31.0 Å². The minimum absolute atomic E-state index is 0.129. The molecule has 22 heavy (non-hydrogen) atoms. The molecule has 0 radical (unpaired) electrons. The van der Waals surface area contributed by atoms with Crippen LogP contribution in [0.15, 0.2) is 24.3 Å². The average Bonchev–Trinajstić information content (AvgIpc) is 3.02. The van der Waals surface area contributed by atoms with E-state index in [0.717, 1.165) is 38.3 Å². The molecule has 0 unspecified atom stereocenters. The molecule has 1 heterocycles. The number of benzene rings is 1. The van der Waals surface area contributed by atoms with Crippen LogP contribution in [0.5, 0.6) is 0 Å². The first-order valence-corrected chi connectivity index (χ1v) is 7.66. The lowest BCUT2D eigenvalue weighted by Crippen LogP contribution is -2.30. The van der Waals surface area contributed by atoms with Crippen molar-refractivity contribution in [1.82, 2.24) is 4.90 Å². The maximum absolute atomic E-state index is 12.3. The number of hydrogen-bond donors (Lipinski definition) is 0. The quantitative estimate of drug-likeness (QED) is 0.753. The summed E-state index contributed by atoms with van der Waals surface area (Å²) in [7, 11) is 1.35. The van der Waals surface area contributed by atoms with Crippen LogP contribution < -0.4 is 0 Å². The Morgan fingerprint density at radius 1 is 1.27 bits per heavy atom. The Bertz CT molecular complexity index is 512. The number of methoxy groups -OCH3 is 1. The van der Waals surface area contributed by atoms with E-state index >= 15 is 0 Å². The van der Waals surface area contributed by atoms with Gasteiger partial charge in [0.1, 0.15) is 0 Å². The Morgan fingerprint density at radius 3 is 2.64 bits per heavy atom. The molecule has 1 amide bonds. The molecule has 1 saturated heterocycles. The van der Waals surface area contributed by atoms with Gasteiger partial charge in [0.15, 0.2) is 0 Å². The lowest BCUT2D eigenvalue weighted by Gasteiger charge is -2.16. The van der Waals surface area contributed by atoms with E-state index in [1.54, 1.807) is 24.3 Å². The summed E-state index contributed by atoms with van der Waals surface area (Å²) in [6.45, 7) is 5.01. The first kappa shape index (κ1) is 16.5. The van der Waals surface area contributed by atoms with Crippen molar-refractivity contribution < 1.29 is 19.1 Å². The van der Waals surface area contributed by atoms with Gasteiger partial charge in [-0.1, -0.05) is 12.1 Å². The smallest absolute Gasteiger partial charge is 0.337 e. The molecule has 0 aromatic heterocycles. The molecular weight excluding hydrogens is 282 g/mol. The molecule has 1 aliphatic rings. The lowest BCUT2D eigenvalue weighted by atomic mass is 10.1. The van der Waals surface area contributed by atoms with Crippen LogP contribution >= 0.6 is 0 Å². The van der Waals surface area contributed by atoms with E-state index in [0.29, 0.717) is 17.9 Å². The first-order chi connectivity index (χ1) is 10.6. The van der Waals surface area contributed by atoms with Crippen molar-refractivity contribution in [3.8, 4) is 0 Å². The third-order valence-corrected chi connectivity index (χ3v) is 3.93. The normalized spacial score (nSPS) is 17.5. The highest BCUT2D eigenvalue weighted by Crippen LogP contribution is 2.18. The van der Waals surface area contributed by atoms with Crippen LogP contribution in [0.3, 0.4) is 0 Å².